The lowest BCUT2D eigenvalue weighted by molar-refractivity contribution is -0.125. The van der Waals surface area contributed by atoms with Crippen LogP contribution in [0.1, 0.15) is 24.2 Å². The van der Waals surface area contributed by atoms with E-state index < -0.39 is 5.41 Å². The van der Waals surface area contributed by atoms with Gasteiger partial charge in [-0.2, -0.15) is 0 Å². The molecule has 4 N–H and O–H groups in total. The minimum atomic E-state index is -0.442. The number of amides is 2. The van der Waals surface area contributed by atoms with Gasteiger partial charge in [-0.25, -0.2) is 0 Å². The number of hydrogen-bond acceptors (Lipinski definition) is 5. The van der Waals surface area contributed by atoms with Crippen molar-refractivity contribution in [2.75, 3.05) is 16.9 Å². The quantitative estimate of drug-likeness (QED) is 0.464. The first-order chi connectivity index (χ1) is 14.2. The number of nitrogens with one attached hydrogen (secondary N) is 4. The minimum Gasteiger partial charge on any atom is -0.322 e. The molecule has 1 aromatic heterocycles. The van der Waals surface area contributed by atoms with E-state index in [4.69, 9.17) is 24.4 Å². The van der Waals surface area contributed by atoms with E-state index in [1.54, 1.807) is 39.9 Å². The molecule has 10 heteroatoms. The molecule has 0 aliphatic carbocycles. The van der Waals surface area contributed by atoms with Crippen LogP contribution in [0.2, 0.25) is 0 Å². The molecule has 0 unspecified atom stereocenters. The van der Waals surface area contributed by atoms with Gasteiger partial charge in [0.2, 0.25) is 5.91 Å². The first-order valence-corrected chi connectivity index (χ1v) is 10.1. The number of benzene rings is 2. The lowest BCUT2D eigenvalue weighted by atomic mass is 9.94. The number of H-pyrrole nitrogens is 2. The molecule has 0 spiro atoms. The summed E-state index contributed by atoms with van der Waals surface area (Å²) in [4.78, 5) is 24.7. The molecule has 1 saturated heterocycles. The summed E-state index contributed by atoms with van der Waals surface area (Å²) in [7, 11) is 0. The van der Waals surface area contributed by atoms with Crippen molar-refractivity contribution in [3.8, 4) is 5.69 Å². The molecule has 3 aromatic rings. The summed E-state index contributed by atoms with van der Waals surface area (Å²) in [6.45, 7) is 4.38. The molecule has 30 heavy (non-hydrogen) atoms. The molecule has 0 bridgehead atoms. The third-order valence-electron chi connectivity index (χ3n) is 4.89. The molecule has 0 radical (unpaired) electrons. The van der Waals surface area contributed by atoms with Gasteiger partial charge in [0.1, 0.15) is 0 Å². The van der Waals surface area contributed by atoms with Crippen LogP contribution in [0, 0.1) is 15.0 Å². The lowest BCUT2D eigenvalue weighted by Crippen LogP contribution is -2.33. The number of carbonyl (C=O) groups is 2. The Labute approximate surface area is 182 Å². The smallest absolute Gasteiger partial charge is 0.255 e. The SMILES string of the molecule is CC1(C)CN(c2ccc(NC(=O)c3cccc(-n4c(=S)[nH][nH]c4=S)c3)cc2)NC1=O. The summed E-state index contributed by atoms with van der Waals surface area (Å²) in [6, 6.07) is 14.3. The first-order valence-electron chi connectivity index (χ1n) is 9.25. The molecule has 2 amide bonds. The molecular formula is C20H20N6O2S2. The first kappa shape index (κ1) is 20.0. The van der Waals surface area contributed by atoms with Crippen LogP contribution in [-0.2, 0) is 4.79 Å². The monoisotopic (exact) mass is 440 g/mol. The van der Waals surface area contributed by atoms with Crippen molar-refractivity contribution in [2.24, 2.45) is 5.41 Å². The zero-order valence-electron chi connectivity index (χ0n) is 16.4. The molecule has 2 aromatic carbocycles. The maximum Gasteiger partial charge on any atom is 0.255 e. The van der Waals surface area contributed by atoms with Crippen LogP contribution in [0.25, 0.3) is 5.69 Å². The van der Waals surface area contributed by atoms with Crippen LogP contribution < -0.4 is 15.8 Å². The van der Waals surface area contributed by atoms with Gasteiger partial charge >= 0.3 is 0 Å². The highest BCUT2D eigenvalue weighted by atomic mass is 32.1. The Bertz CT molecular complexity index is 1210. The van der Waals surface area contributed by atoms with Crippen molar-refractivity contribution >= 4 is 47.6 Å². The Balaban J connectivity index is 1.50. The molecule has 1 aliphatic heterocycles. The number of hydrazine groups is 1. The van der Waals surface area contributed by atoms with Gasteiger partial charge in [-0.15, -0.1) is 0 Å². The highest BCUT2D eigenvalue weighted by molar-refractivity contribution is 7.72. The van der Waals surface area contributed by atoms with Gasteiger partial charge < -0.3 is 5.32 Å². The van der Waals surface area contributed by atoms with E-state index in [1.807, 2.05) is 32.0 Å². The molecular weight excluding hydrogens is 420 g/mol. The van der Waals surface area contributed by atoms with Gasteiger partial charge in [0.25, 0.3) is 5.91 Å². The molecule has 1 aliphatic rings. The number of rotatable bonds is 4. The van der Waals surface area contributed by atoms with Crippen molar-refractivity contribution < 1.29 is 9.59 Å². The van der Waals surface area contributed by atoms with Gasteiger partial charge in [0.05, 0.1) is 23.3 Å². The number of carbonyl (C=O) groups excluding carboxylic acids is 2. The maximum absolute atomic E-state index is 12.7. The molecule has 1 fully saturated rings. The van der Waals surface area contributed by atoms with Gasteiger partial charge in [-0.3, -0.25) is 34.8 Å². The van der Waals surface area contributed by atoms with E-state index in [2.05, 4.69) is 20.9 Å². The predicted molar refractivity (Wildman–Crippen MR) is 120 cm³/mol. The zero-order chi connectivity index (χ0) is 21.5. The van der Waals surface area contributed by atoms with Gasteiger partial charge in [0.15, 0.2) is 9.54 Å². The average Bonchev–Trinajstić information content (AvgIpc) is 3.19. The van der Waals surface area contributed by atoms with Crippen LogP contribution in [0.5, 0.6) is 0 Å². The summed E-state index contributed by atoms with van der Waals surface area (Å²) in [6.07, 6.45) is 0. The van der Waals surface area contributed by atoms with Gasteiger partial charge in [-0.1, -0.05) is 6.07 Å². The maximum atomic E-state index is 12.7. The summed E-state index contributed by atoms with van der Waals surface area (Å²) < 4.78 is 2.48. The second-order valence-corrected chi connectivity index (χ2v) is 8.43. The van der Waals surface area contributed by atoms with Gasteiger partial charge in [0, 0.05) is 11.3 Å². The number of nitrogens with zero attached hydrogens (tertiary/aromatic N) is 2. The fraction of sp³-hybridized carbons (Fsp3) is 0.200. The topological polar surface area (TPSA) is 97.9 Å². The van der Waals surface area contributed by atoms with Crippen LogP contribution >= 0.6 is 24.4 Å². The van der Waals surface area contributed by atoms with E-state index in [1.165, 1.54) is 0 Å². The predicted octanol–water partition coefficient (Wildman–Crippen LogP) is 3.72. The third kappa shape index (κ3) is 3.79. The second kappa shape index (κ2) is 7.54. The second-order valence-electron chi connectivity index (χ2n) is 7.66. The van der Waals surface area contributed by atoms with Crippen LogP contribution in [0.15, 0.2) is 48.5 Å². The Morgan fingerprint density at radius 2 is 1.70 bits per heavy atom. The summed E-state index contributed by atoms with van der Waals surface area (Å²) in [5.74, 6) is -0.265. The van der Waals surface area contributed by atoms with Crippen LogP contribution in [0.3, 0.4) is 0 Å². The Morgan fingerprint density at radius 1 is 1.03 bits per heavy atom. The van der Waals surface area contributed by atoms with Crippen molar-refractivity contribution in [2.45, 2.75) is 13.8 Å². The number of aromatic nitrogens is 3. The number of hydrogen-bond donors (Lipinski definition) is 4. The van der Waals surface area contributed by atoms with E-state index in [0.29, 0.717) is 33.0 Å². The summed E-state index contributed by atoms with van der Waals surface area (Å²) in [5, 5.41) is 10.2. The van der Waals surface area contributed by atoms with E-state index >= 15 is 0 Å². The highest BCUT2D eigenvalue weighted by Gasteiger charge is 2.37. The Kier molecular flexibility index (Phi) is 5.04. The average molecular weight is 441 g/mol. The fourth-order valence-corrected chi connectivity index (χ4v) is 3.75. The van der Waals surface area contributed by atoms with Gasteiger partial charge in [-0.05, 0) is 80.7 Å². The van der Waals surface area contributed by atoms with E-state index in [-0.39, 0.29) is 11.8 Å². The number of anilines is 2. The fourth-order valence-electron chi connectivity index (χ4n) is 3.20. The normalized spacial score (nSPS) is 15.1. The Hall–Kier alpha value is -3.24. The lowest BCUT2D eigenvalue weighted by Gasteiger charge is -2.19. The summed E-state index contributed by atoms with van der Waals surface area (Å²) >= 11 is 10.5. The van der Waals surface area contributed by atoms with Crippen LogP contribution in [-0.4, -0.2) is 33.1 Å². The molecule has 154 valence electrons. The standard InChI is InChI=1S/C20H20N6O2S2/c1-20(2)11-25(24-17(20)28)14-8-6-13(7-9-14)21-16(27)12-4-3-5-15(10-12)26-18(29)22-23-19(26)30/h3-10H,11H2,1-2H3,(H,21,27)(H,22,29)(H,23,30)(H,24,28). The van der Waals surface area contributed by atoms with Crippen LogP contribution in [0.4, 0.5) is 11.4 Å². The Morgan fingerprint density at radius 3 is 2.30 bits per heavy atom. The minimum absolute atomic E-state index is 0.0119. The third-order valence-corrected chi connectivity index (χ3v) is 5.46. The van der Waals surface area contributed by atoms with Crippen molar-refractivity contribution in [3.63, 3.8) is 0 Å². The largest absolute Gasteiger partial charge is 0.322 e. The molecule has 4 rings (SSSR count). The number of aromatic amines is 2. The molecule has 8 nitrogen and oxygen atoms in total. The van der Waals surface area contributed by atoms with E-state index in [0.717, 1.165) is 5.69 Å². The molecule has 0 saturated carbocycles. The van der Waals surface area contributed by atoms with Crippen molar-refractivity contribution in [1.29, 1.82) is 0 Å². The zero-order valence-corrected chi connectivity index (χ0v) is 18.0. The summed E-state index contributed by atoms with van der Waals surface area (Å²) in [5.41, 5.74) is 5.08. The molecule has 2 heterocycles. The molecule has 0 atom stereocenters. The highest BCUT2D eigenvalue weighted by Crippen LogP contribution is 2.27. The van der Waals surface area contributed by atoms with E-state index in [9.17, 15) is 9.59 Å². The van der Waals surface area contributed by atoms with Crippen molar-refractivity contribution in [1.82, 2.24) is 20.2 Å². The van der Waals surface area contributed by atoms with Crippen molar-refractivity contribution in [3.05, 3.63) is 63.6 Å².